The van der Waals surface area contributed by atoms with Gasteiger partial charge in [-0.2, -0.15) is 8.78 Å². The molecule has 0 spiro atoms. The molecule has 0 bridgehead atoms. The molecule has 0 saturated carbocycles. The summed E-state index contributed by atoms with van der Waals surface area (Å²) in [5.41, 5.74) is 3.35. The van der Waals surface area contributed by atoms with E-state index in [1.54, 1.807) is 42.3 Å². The lowest BCUT2D eigenvalue weighted by Crippen LogP contribution is -2.54. The summed E-state index contributed by atoms with van der Waals surface area (Å²) in [4.78, 5) is 36.7. The third kappa shape index (κ3) is 5.14. The van der Waals surface area contributed by atoms with Gasteiger partial charge < -0.3 is 19.6 Å². The average Bonchev–Trinajstić information content (AvgIpc) is 3.14. The molecule has 39 heavy (non-hydrogen) atoms. The minimum atomic E-state index is -2.96. The number of anilines is 1. The first-order valence-electron chi connectivity index (χ1n) is 12.4. The second kappa shape index (κ2) is 10.4. The van der Waals surface area contributed by atoms with Gasteiger partial charge in [0.2, 0.25) is 5.95 Å². The fraction of sp³-hybridized carbons (Fsp3) is 0.333. The Balaban J connectivity index is 1.45. The van der Waals surface area contributed by atoms with Gasteiger partial charge >= 0.3 is 12.7 Å². The van der Waals surface area contributed by atoms with E-state index in [2.05, 4.69) is 9.97 Å². The lowest BCUT2D eigenvalue weighted by Gasteiger charge is -2.38. The number of fused-ring (bicyclic) bond motifs is 1. The molecule has 1 unspecified atom stereocenters. The minimum absolute atomic E-state index is 0.0588. The standard InChI is InChI=1S/C27H28F2N6O4/c1-16-4-7-23(39-25(28)29)19(10-16)15-35-22-11-18(5-6-21(22)24(36)32(35)3)20-12-30-26(31-13-20)33-8-9-34(27(37)38)17(2)14-33/h4-7,10-13,17,25H,8-9,14-15H2,1-3H3,(H,37,38). The van der Waals surface area contributed by atoms with Crippen molar-refractivity contribution < 1.29 is 23.4 Å². The maximum Gasteiger partial charge on any atom is 0.407 e. The van der Waals surface area contributed by atoms with Crippen molar-refractivity contribution in [1.29, 1.82) is 0 Å². The van der Waals surface area contributed by atoms with Crippen molar-refractivity contribution >= 4 is 22.9 Å². The molecule has 10 nitrogen and oxygen atoms in total. The number of rotatable bonds is 6. The molecule has 1 atom stereocenters. The minimum Gasteiger partial charge on any atom is -0.465 e. The molecule has 204 valence electrons. The Morgan fingerprint density at radius 1 is 1.13 bits per heavy atom. The highest BCUT2D eigenvalue weighted by molar-refractivity contribution is 5.84. The van der Waals surface area contributed by atoms with Gasteiger partial charge in [0.1, 0.15) is 5.75 Å². The Bertz CT molecular complexity index is 1580. The van der Waals surface area contributed by atoms with Gasteiger partial charge in [0.05, 0.1) is 17.4 Å². The zero-order valence-corrected chi connectivity index (χ0v) is 21.7. The Kier molecular flexibility index (Phi) is 6.94. The molecule has 1 saturated heterocycles. The maximum atomic E-state index is 13.0. The summed E-state index contributed by atoms with van der Waals surface area (Å²) in [6, 6.07) is 10.2. The third-order valence-electron chi connectivity index (χ3n) is 7.04. The quantitative estimate of drug-likeness (QED) is 0.396. The number of ether oxygens (including phenoxy) is 1. The Labute approximate surface area is 222 Å². The van der Waals surface area contributed by atoms with E-state index in [-0.39, 0.29) is 23.9 Å². The molecule has 1 amide bonds. The van der Waals surface area contributed by atoms with Gasteiger partial charge in [-0.05, 0) is 37.6 Å². The summed E-state index contributed by atoms with van der Waals surface area (Å²) in [5.74, 6) is 0.572. The number of piperazine rings is 1. The summed E-state index contributed by atoms with van der Waals surface area (Å²) in [6.45, 7) is 2.25. The second-order valence-electron chi connectivity index (χ2n) is 9.65. The summed E-state index contributed by atoms with van der Waals surface area (Å²) in [5, 5.41) is 9.79. The molecule has 5 rings (SSSR count). The number of hydrogen-bond donors (Lipinski definition) is 1. The van der Waals surface area contributed by atoms with Gasteiger partial charge in [0.25, 0.3) is 5.56 Å². The monoisotopic (exact) mass is 538 g/mol. The van der Waals surface area contributed by atoms with Crippen molar-refractivity contribution in [3.05, 3.63) is 70.3 Å². The Morgan fingerprint density at radius 3 is 2.54 bits per heavy atom. The SMILES string of the molecule is Cc1ccc(OC(F)F)c(Cn2c3cc(-c4cnc(N5CCN(C(=O)O)C(C)C5)nc4)ccc3c(=O)n2C)c1. The second-order valence-corrected chi connectivity index (χ2v) is 9.65. The van der Waals surface area contributed by atoms with E-state index in [1.807, 2.05) is 30.9 Å². The number of nitrogens with zero attached hydrogens (tertiary/aromatic N) is 6. The molecule has 12 heteroatoms. The highest BCUT2D eigenvalue weighted by atomic mass is 19.3. The van der Waals surface area contributed by atoms with Gasteiger partial charge in [-0.3, -0.25) is 14.2 Å². The zero-order valence-electron chi connectivity index (χ0n) is 21.7. The van der Waals surface area contributed by atoms with Crippen LogP contribution in [0.5, 0.6) is 5.75 Å². The van der Waals surface area contributed by atoms with Crippen LogP contribution in [0.15, 0.2) is 53.6 Å². The number of carbonyl (C=O) groups is 1. The van der Waals surface area contributed by atoms with Crippen LogP contribution in [0.25, 0.3) is 22.0 Å². The van der Waals surface area contributed by atoms with Gasteiger partial charge in [-0.15, -0.1) is 0 Å². The highest BCUT2D eigenvalue weighted by Gasteiger charge is 2.28. The maximum absolute atomic E-state index is 13.0. The lowest BCUT2D eigenvalue weighted by atomic mass is 10.1. The number of carboxylic acid groups (broad SMARTS) is 1. The number of alkyl halides is 2. The van der Waals surface area contributed by atoms with Crippen molar-refractivity contribution in [2.45, 2.75) is 33.0 Å². The predicted octanol–water partition coefficient (Wildman–Crippen LogP) is 3.94. The summed E-state index contributed by atoms with van der Waals surface area (Å²) < 4.78 is 33.9. The van der Waals surface area contributed by atoms with E-state index in [0.29, 0.717) is 42.0 Å². The van der Waals surface area contributed by atoms with Crippen LogP contribution in [-0.4, -0.2) is 67.7 Å². The van der Waals surface area contributed by atoms with E-state index in [4.69, 9.17) is 4.74 Å². The number of hydrogen-bond acceptors (Lipinski definition) is 6. The van der Waals surface area contributed by atoms with E-state index in [9.17, 15) is 23.5 Å². The lowest BCUT2D eigenvalue weighted by molar-refractivity contribution is -0.0505. The normalized spacial score (nSPS) is 15.8. The first-order chi connectivity index (χ1) is 18.6. The van der Waals surface area contributed by atoms with Crippen molar-refractivity contribution in [1.82, 2.24) is 24.2 Å². The van der Waals surface area contributed by atoms with Gasteiger partial charge in [0, 0.05) is 56.2 Å². The average molecular weight is 539 g/mol. The van der Waals surface area contributed by atoms with Crippen LogP contribution in [-0.2, 0) is 13.6 Å². The van der Waals surface area contributed by atoms with Crippen molar-refractivity contribution in [2.24, 2.45) is 7.05 Å². The molecule has 2 aromatic heterocycles. The van der Waals surface area contributed by atoms with Crippen molar-refractivity contribution in [3.8, 4) is 16.9 Å². The van der Waals surface area contributed by atoms with Crippen LogP contribution in [0, 0.1) is 6.92 Å². The zero-order chi connectivity index (χ0) is 27.8. The first-order valence-corrected chi connectivity index (χ1v) is 12.4. The molecule has 3 heterocycles. The summed E-state index contributed by atoms with van der Waals surface area (Å²) >= 11 is 0. The molecule has 1 aliphatic heterocycles. The van der Waals surface area contributed by atoms with Crippen molar-refractivity contribution in [3.63, 3.8) is 0 Å². The van der Waals surface area contributed by atoms with Crippen molar-refractivity contribution in [2.75, 3.05) is 24.5 Å². The number of halogens is 2. The first kappa shape index (κ1) is 26.1. The third-order valence-corrected chi connectivity index (χ3v) is 7.04. The molecular weight excluding hydrogens is 510 g/mol. The molecule has 1 N–H and O–H groups in total. The van der Waals surface area contributed by atoms with Crippen LogP contribution in [0.3, 0.4) is 0 Å². The number of benzene rings is 2. The number of aryl methyl sites for hydroxylation is 1. The van der Waals surface area contributed by atoms with Gasteiger partial charge in [-0.25, -0.2) is 14.8 Å². The van der Waals surface area contributed by atoms with Crippen LogP contribution in [0.4, 0.5) is 19.5 Å². The molecule has 0 radical (unpaired) electrons. The van der Waals surface area contributed by atoms with E-state index < -0.39 is 12.7 Å². The summed E-state index contributed by atoms with van der Waals surface area (Å²) in [7, 11) is 1.63. The van der Waals surface area contributed by atoms with Crippen LogP contribution >= 0.6 is 0 Å². The largest absolute Gasteiger partial charge is 0.465 e. The fourth-order valence-electron chi connectivity index (χ4n) is 5.00. The Morgan fingerprint density at radius 2 is 1.87 bits per heavy atom. The number of amides is 1. The molecular formula is C27H28F2N6O4. The van der Waals surface area contributed by atoms with Crippen LogP contribution in [0.2, 0.25) is 0 Å². The topological polar surface area (TPSA) is 106 Å². The molecule has 1 aliphatic rings. The molecule has 0 aliphatic carbocycles. The van der Waals surface area contributed by atoms with Gasteiger partial charge in [0.15, 0.2) is 0 Å². The Hall–Kier alpha value is -4.48. The van der Waals surface area contributed by atoms with Gasteiger partial charge in [-0.1, -0.05) is 23.8 Å². The fourth-order valence-corrected chi connectivity index (χ4v) is 5.00. The smallest absolute Gasteiger partial charge is 0.407 e. The van der Waals surface area contributed by atoms with Crippen LogP contribution < -0.4 is 15.2 Å². The number of aromatic nitrogens is 4. The van der Waals surface area contributed by atoms with E-state index >= 15 is 0 Å². The molecule has 2 aromatic carbocycles. The molecule has 1 fully saturated rings. The van der Waals surface area contributed by atoms with E-state index in [1.165, 1.54) is 15.6 Å². The molecule has 4 aromatic rings. The van der Waals surface area contributed by atoms with Crippen LogP contribution in [0.1, 0.15) is 18.1 Å². The van der Waals surface area contributed by atoms with E-state index in [0.717, 1.165) is 16.7 Å². The summed E-state index contributed by atoms with van der Waals surface area (Å²) in [6.07, 6.45) is 2.45. The predicted molar refractivity (Wildman–Crippen MR) is 142 cm³/mol. The highest BCUT2D eigenvalue weighted by Crippen LogP contribution is 2.27.